The Bertz CT molecular complexity index is 655. The lowest BCUT2D eigenvalue weighted by Gasteiger charge is -2.35. The van der Waals surface area contributed by atoms with Crippen molar-refractivity contribution in [3.05, 3.63) is 35.5 Å². The molecule has 0 amide bonds. The second kappa shape index (κ2) is 5.22. The lowest BCUT2D eigenvalue weighted by Crippen LogP contribution is -2.45. The van der Waals surface area contributed by atoms with Gasteiger partial charge in [0, 0.05) is 11.6 Å². The standard InChI is InChI=1S/C16H20FN3O/c1-10-6-7-11(9-12(10)17)14-19-15(21-20-14)16(2)8-4-3-5-13(16)18/h6-7,9,13H,3-5,8,18H2,1-2H3. The fraction of sp³-hybridized carbons (Fsp3) is 0.500. The first kappa shape index (κ1) is 14.2. The maximum atomic E-state index is 13.7. The highest BCUT2D eigenvalue weighted by atomic mass is 19.1. The van der Waals surface area contributed by atoms with Crippen molar-refractivity contribution in [2.24, 2.45) is 5.73 Å². The predicted octanol–water partition coefficient (Wildman–Crippen LogP) is 3.34. The number of nitrogens with two attached hydrogens (primary N) is 1. The summed E-state index contributed by atoms with van der Waals surface area (Å²) in [6, 6.07) is 4.98. The third kappa shape index (κ3) is 2.46. The molecule has 3 rings (SSSR count). The van der Waals surface area contributed by atoms with Crippen LogP contribution in [0.4, 0.5) is 4.39 Å². The van der Waals surface area contributed by atoms with E-state index in [4.69, 9.17) is 10.3 Å². The van der Waals surface area contributed by atoms with Crippen molar-refractivity contribution in [1.82, 2.24) is 10.1 Å². The lowest BCUT2D eigenvalue weighted by molar-refractivity contribution is 0.203. The second-order valence-corrected chi connectivity index (χ2v) is 6.16. The molecule has 112 valence electrons. The van der Waals surface area contributed by atoms with Crippen LogP contribution >= 0.6 is 0 Å². The average molecular weight is 289 g/mol. The van der Waals surface area contributed by atoms with Gasteiger partial charge in [-0.1, -0.05) is 30.1 Å². The molecule has 2 N–H and O–H groups in total. The molecule has 0 radical (unpaired) electrons. The Balaban J connectivity index is 1.94. The summed E-state index contributed by atoms with van der Waals surface area (Å²) in [4.78, 5) is 4.47. The van der Waals surface area contributed by atoms with E-state index in [2.05, 4.69) is 17.1 Å². The molecule has 1 heterocycles. The summed E-state index contributed by atoms with van der Waals surface area (Å²) >= 11 is 0. The molecule has 1 aromatic carbocycles. The van der Waals surface area contributed by atoms with Gasteiger partial charge < -0.3 is 10.3 Å². The summed E-state index contributed by atoms with van der Waals surface area (Å²) in [5.41, 5.74) is 7.19. The van der Waals surface area contributed by atoms with Crippen LogP contribution in [0, 0.1) is 12.7 Å². The maximum Gasteiger partial charge on any atom is 0.234 e. The van der Waals surface area contributed by atoms with Gasteiger partial charge in [-0.15, -0.1) is 0 Å². The van der Waals surface area contributed by atoms with E-state index in [1.807, 2.05) is 0 Å². The van der Waals surface area contributed by atoms with E-state index < -0.39 is 0 Å². The minimum absolute atomic E-state index is 0.0225. The number of rotatable bonds is 2. The van der Waals surface area contributed by atoms with Gasteiger partial charge in [0.25, 0.3) is 0 Å². The molecule has 5 heteroatoms. The summed E-state index contributed by atoms with van der Waals surface area (Å²) < 4.78 is 19.1. The van der Waals surface area contributed by atoms with Gasteiger partial charge >= 0.3 is 0 Å². The van der Waals surface area contributed by atoms with Gasteiger partial charge in [-0.2, -0.15) is 4.98 Å². The Hall–Kier alpha value is -1.75. The minimum Gasteiger partial charge on any atom is -0.338 e. The Morgan fingerprint density at radius 1 is 1.38 bits per heavy atom. The van der Waals surface area contributed by atoms with Crippen molar-refractivity contribution >= 4 is 0 Å². The monoisotopic (exact) mass is 289 g/mol. The summed E-state index contributed by atoms with van der Waals surface area (Å²) in [5.74, 6) is 0.716. The van der Waals surface area contributed by atoms with Gasteiger partial charge in [0.1, 0.15) is 5.82 Å². The SMILES string of the molecule is Cc1ccc(-c2noc(C3(C)CCCCC3N)n2)cc1F. The Morgan fingerprint density at radius 3 is 2.90 bits per heavy atom. The molecular weight excluding hydrogens is 269 g/mol. The quantitative estimate of drug-likeness (QED) is 0.920. The number of aromatic nitrogens is 2. The number of nitrogens with zero attached hydrogens (tertiary/aromatic N) is 2. The van der Waals surface area contributed by atoms with Crippen LogP contribution in [-0.2, 0) is 5.41 Å². The molecule has 4 nitrogen and oxygen atoms in total. The van der Waals surface area contributed by atoms with Crippen molar-refractivity contribution in [3.8, 4) is 11.4 Å². The lowest BCUT2D eigenvalue weighted by atomic mass is 9.72. The van der Waals surface area contributed by atoms with E-state index in [-0.39, 0.29) is 17.3 Å². The highest BCUT2D eigenvalue weighted by Gasteiger charge is 2.40. The molecule has 1 aliphatic rings. The zero-order chi connectivity index (χ0) is 15.0. The zero-order valence-corrected chi connectivity index (χ0v) is 12.4. The van der Waals surface area contributed by atoms with Crippen molar-refractivity contribution in [2.75, 3.05) is 0 Å². The largest absolute Gasteiger partial charge is 0.338 e. The fourth-order valence-corrected chi connectivity index (χ4v) is 2.93. The van der Waals surface area contributed by atoms with Gasteiger partial charge in [-0.25, -0.2) is 4.39 Å². The van der Waals surface area contributed by atoms with Gasteiger partial charge in [0.2, 0.25) is 11.7 Å². The van der Waals surface area contributed by atoms with E-state index in [0.717, 1.165) is 25.7 Å². The molecular formula is C16H20FN3O. The third-order valence-electron chi connectivity index (χ3n) is 4.62. The molecule has 1 fully saturated rings. The number of benzene rings is 1. The van der Waals surface area contributed by atoms with Crippen LogP contribution in [0.3, 0.4) is 0 Å². The van der Waals surface area contributed by atoms with E-state index in [1.54, 1.807) is 19.1 Å². The van der Waals surface area contributed by atoms with Crippen molar-refractivity contribution in [1.29, 1.82) is 0 Å². The predicted molar refractivity (Wildman–Crippen MR) is 78.2 cm³/mol. The maximum absolute atomic E-state index is 13.7. The zero-order valence-electron chi connectivity index (χ0n) is 12.4. The van der Waals surface area contributed by atoms with Crippen LogP contribution < -0.4 is 5.73 Å². The van der Waals surface area contributed by atoms with Crippen LogP contribution in [0.1, 0.15) is 44.1 Å². The molecule has 0 saturated heterocycles. The molecule has 21 heavy (non-hydrogen) atoms. The topological polar surface area (TPSA) is 64.9 Å². The number of halogens is 1. The molecule has 2 unspecified atom stereocenters. The van der Waals surface area contributed by atoms with Crippen LogP contribution in [0.5, 0.6) is 0 Å². The van der Waals surface area contributed by atoms with Crippen molar-refractivity contribution in [3.63, 3.8) is 0 Å². The first-order valence-electron chi connectivity index (χ1n) is 7.37. The van der Waals surface area contributed by atoms with Gasteiger partial charge in [-0.05, 0) is 38.3 Å². The average Bonchev–Trinajstić information content (AvgIpc) is 2.95. The third-order valence-corrected chi connectivity index (χ3v) is 4.62. The summed E-state index contributed by atoms with van der Waals surface area (Å²) in [7, 11) is 0. The summed E-state index contributed by atoms with van der Waals surface area (Å²) in [6.45, 7) is 3.80. The Kier molecular flexibility index (Phi) is 3.53. The van der Waals surface area contributed by atoms with Crippen LogP contribution in [0.25, 0.3) is 11.4 Å². The van der Waals surface area contributed by atoms with Gasteiger partial charge in [0.15, 0.2) is 0 Å². The van der Waals surface area contributed by atoms with E-state index in [0.29, 0.717) is 22.8 Å². The Morgan fingerprint density at radius 2 is 2.19 bits per heavy atom. The van der Waals surface area contributed by atoms with Crippen LogP contribution in [-0.4, -0.2) is 16.2 Å². The first-order chi connectivity index (χ1) is 10.0. The summed E-state index contributed by atoms with van der Waals surface area (Å²) in [6.07, 6.45) is 4.16. The van der Waals surface area contributed by atoms with E-state index in [1.165, 1.54) is 6.07 Å². The van der Waals surface area contributed by atoms with Crippen molar-refractivity contribution < 1.29 is 8.91 Å². The molecule has 0 aliphatic heterocycles. The summed E-state index contributed by atoms with van der Waals surface area (Å²) in [5, 5.41) is 4.00. The highest BCUT2D eigenvalue weighted by molar-refractivity contribution is 5.55. The molecule has 2 atom stereocenters. The number of hydrogen-bond donors (Lipinski definition) is 1. The Labute approximate surface area is 123 Å². The first-order valence-corrected chi connectivity index (χ1v) is 7.37. The second-order valence-electron chi connectivity index (χ2n) is 6.16. The molecule has 1 saturated carbocycles. The van der Waals surface area contributed by atoms with Crippen LogP contribution in [0.2, 0.25) is 0 Å². The van der Waals surface area contributed by atoms with E-state index >= 15 is 0 Å². The highest BCUT2D eigenvalue weighted by Crippen LogP contribution is 2.38. The van der Waals surface area contributed by atoms with E-state index in [9.17, 15) is 4.39 Å². The fourth-order valence-electron chi connectivity index (χ4n) is 2.93. The molecule has 0 bridgehead atoms. The number of hydrogen-bond acceptors (Lipinski definition) is 4. The minimum atomic E-state index is -0.285. The van der Waals surface area contributed by atoms with Crippen molar-refractivity contribution in [2.45, 2.75) is 51.0 Å². The molecule has 2 aromatic rings. The molecule has 1 aromatic heterocycles. The molecule has 1 aliphatic carbocycles. The van der Waals surface area contributed by atoms with Gasteiger partial charge in [0.05, 0.1) is 5.41 Å². The smallest absolute Gasteiger partial charge is 0.234 e. The van der Waals surface area contributed by atoms with Gasteiger partial charge in [-0.3, -0.25) is 0 Å². The van der Waals surface area contributed by atoms with Crippen LogP contribution in [0.15, 0.2) is 22.7 Å². The number of aryl methyl sites for hydroxylation is 1. The normalized spacial score (nSPS) is 26.0. The molecule has 0 spiro atoms.